The van der Waals surface area contributed by atoms with Crippen molar-refractivity contribution in [3.8, 4) is 11.5 Å². The van der Waals surface area contributed by atoms with Gasteiger partial charge in [-0.3, -0.25) is 14.5 Å². The first-order chi connectivity index (χ1) is 11.5. The molecule has 8 nitrogen and oxygen atoms in total. The molecule has 0 saturated carbocycles. The molecule has 0 bridgehead atoms. The van der Waals surface area contributed by atoms with Crippen LogP contribution in [-0.4, -0.2) is 66.1 Å². The van der Waals surface area contributed by atoms with Crippen molar-refractivity contribution in [1.29, 1.82) is 0 Å². The van der Waals surface area contributed by atoms with E-state index in [1.807, 2.05) is 0 Å². The summed E-state index contributed by atoms with van der Waals surface area (Å²) in [4.78, 5) is 38.4. The van der Waals surface area contributed by atoms with Crippen LogP contribution in [-0.2, 0) is 4.79 Å². The molecule has 2 fully saturated rings. The quantitative estimate of drug-likeness (QED) is 0.887. The first kappa shape index (κ1) is 16.4. The van der Waals surface area contributed by atoms with Crippen LogP contribution in [0.4, 0.5) is 15.3 Å². The summed E-state index contributed by atoms with van der Waals surface area (Å²) >= 11 is 1.00. The minimum atomic E-state index is -0.298. The number of nitrogens with one attached hydrogen (secondary N) is 1. The molecule has 2 saturated heterocycles. The molecule has 0 unspecified atom stereocenters. The number of thioether (sulfide) groups is 1. The van der Waals surface area contributed by atoms with Gasteiger partial charge in [-0.25, -0.2) is 4.79 Å². The number of carbonyl (C=O) groups is 3. The number of imide groups is 1. The zero-order valence-corrected chi connectivity index (χ0v) is 14.1. The van der Waals surface area contributed by atoms with Crippen LogP contribution in [0.15, 0.2) is 18.2 Å². The number of carbonyl (C=O) groups excluding carboxylic acids is 3. The lowest BCUT2D eigenvalue weighted by Gasteiger charge is -2.42. The van der Waals surface area contributed by atoms with Gasteiger partial charge in [0.25, 0.3) is 5.24 Å². The maximum atomic E-state index is 12.3. The molecule has 24 heavy (non-hydrogen) atoms. The second-order valence-electron chi connectivity index (χ2n) is 5.41. The van der Waals surface area contributed by atoms with Gasteiger partial charge in [-0.15, -0.1) is 0 Å². The highest BCUT2D eigenvalue weighted by molar-refractivity contribution is 8.14. The number of hydrogen-bond acceptors (Lipinski definition) is 6. The fourth-order valence-electron chi connectivity index (χ4n) is 2.58. The molecule has 0 radical (unpaired) electrons. The van der Waals surface area contributed by atoms with E-state index in [0.717, 1.165) is 11.8 Å². The lowest BCUT2D eigenvalue weighted by atomic mass is 10.1. The van der Waals surface area contributed by atoms with Gasteiger partial charge in [0.2, 0.25) is 5.91 Å². The Kier molecular flexibility index (Phi) is 4.52. The zero-order chi connectivity index (χ0) is 17.3. The molecule has 2 aliphatic heterocycles. The number of rotatable bonds is 4. The summed E-state index contributed by atoms with van der Waals surface area (Å²) in [6, 6.07) is 4.54. The fraction of sp³-hybridized carbons (Fsp3) is 0.400. The van der Waals surface area contributed by atoms with E-state index in [1.54, 1.807) is 23.1 Å². The molecular formula is C15H17N3O5S. The van der Waals surface area contributed by atoms with E-state index >= 15 is 0 Å². The summed E-state index contributed by atoms with van der Waals surface area (Å²) in [7, 11) is 3.06. The standard InChI is InChI=1S/C15H17N3O5S/c1-22-11-3-9(4-12(5-11)23-2)16-14(20)17-6-10(7-17)18-13(19)8-24-15(18)21/h3-5,10H,6-8H2,1-2H3,(H,16,20). The Labute approximate surface area is 143 Å². The van der Waals surface area contributed by atoms with Crippen LogP contribution < -0.4 is 14.8 Å². The van der Waals surface area contributed by atoms with E-state index in [1.165, 1.54) is 19.1 Å². The van der Waals surface area contributed by atoms with Gasteiger partial charge in [-0.2, -0.15) is 0 Å². The first-order valence-corrected chi connectivity index (χ1v) is 8.28. The van der Waals surface area contributed by atoms with Gasteiger partial charge >= 0.3 is 6.03 Å². The maximum Gasteiger partial charge on any atom is 0.321 e. The molecule has 0 aliphatic carbocycles. The summed E-state index contributed by atoms with van der Waals surface area (Å²) in [5.41, 5.74) is 0.545. The van der Waals surface area contributed by atoms with E-state index < -0.39 is 0 Å². The Bertz CT molecular complexity index is 651. The average Bonchev–Trinajstić information content (AvgIpc) is 2.85. The molecule has 0 atom stereocenters. The highest BCUT2D eigenvalue weighted by atomic mass is 32.2. The van der Waals surface area contributed by atoms with Crippen LogP contribution in [0.5, 0.6) is 11.5 Å². The number of urea groups is 1. The molecule has 1 aromatic rings. The summed E-state index contributed by atoms with van der Waals surface area (Å²) in [6.45, 7) is 0.677. The Morgan fingerprint density at radius 3 is 2.29 bits per heavy atom. The predicted molar refractivity (Wildman–Crippen MR) is 88.6 cm³/mol. The van der Waals surface area contributed by atoms with Gasteiger partial charge in [-0.1, -0.05) is 11.8 Å². The Hall–Kier alpha value is -2.42. The monoisotopic (exact) mass is 351 g/mol. The minimum Gasteiger partial charge on any atom is -0.497 e. The summed E-state index contributed by atoms with van der Waals surface area (Å²) < 4.78 is 10.3. The Morgan fingerprint density at radius 1 is 1.17 bits per heavy atom. The largest absolute Gasteiger partial charge is 0.497 e. The Balaban J connectivity index is 1.59. The second-order valence-corrected chi connectivity index (χ2v) is 6.34. The Morgan fingerprint density at radius 2 is 1.79 bits per heavy atom. The van der Waals surface area contributed by atoms with E-state index in [4.69, 9.17) is 9.47 Å². The molecule has 0 spiro atoms. The van der Waals surface area contributed by atoms with Crippen molar-refractivity contribution in [3.63, 3.8) is 0 Å². The average molecular weight is 351 g/mol. The van der Waals surface area contributed by atoms with Crippen molar-refractivity contribution in [1.82, 2.24) is 9.80 Å². The molecule has 4 amide bonds. The maximum absolute atomic E-state index is 12.3. The van der Waals surface area contributed by atoms with E-state index in [9.17, 15) is 14.4 Å². The molecule has 128 valence electrons. The third kappa shape index (κ3) is 3.12. The van der Waals surface area contributed by atoms with Gasteiger partial charge in [0.15, 0.2) is 0 Å². The van der Waals surface area contributed by atoms with Crippen LogP contribution in [0.2, 0.25) is 0 Å². The normalized spacial score (nSPS) is 17.8. The van der Waals surface area contributed by atoms with E-state index in [-0.39, 0.29) is 29.0 Å². The van der Waals surface area contributed by atoms with Crippen LogP contribution in [0, 0.1) is 0 Å². The van der Waals surface area contributed by atoms with Gasteiger partial charge in [0.1, 0.15) is 11.5 Å². The summed E-state index contributed by atoms with van der Waals surface area (Å²) in [5, 5.41) is 2.53. The third-order valence-corrected chi connectivity index (χ3v) is 4.74. The smallest absolute Gasteiger partial charge is 0.321 e. The number of benzene rings is 1. The number of amides is 4. The van der Waals surface area contributed by atoms with Crippen LogP contribution in [0.25, 0.3) is 0 Å². The lowest BCUT2D eigenvalue weighted by Crippen LogP contribution is -2.62. The van der Waals surface area contributed by atoms with Crippen molar-refractivity contribution >= 4 is 34.6 Å². The second kappa shape index (κ2) is 6.60. The molecule has 2 heterocycles. The van der Waals surface area contributed by atoms with Gasteiger partial charge < -0.3 is 19.7 Å². The number of nitrogens with zero attached hydrogens (tertiary/aromatic N) is 2. The topological polar surface area (TPSA) is 88.2 Å². The number of anilines is 1. The van der Waals surface area contributed by atoms with Gasteiger partial charge in [-0.05, 0) is 0 Å². The highest BCUT2D eigenvalue weighted by Gasteiger charge is 2.43. The summed E-state index contributed by atoms with van der Waals surface area (Å²) in [6.07, 6.45) is 0. The van der Waals surface area contributed by atoms with Crippen molar-refractivity contribution in [2.75, 3.05) is 38.4 Å². The number of methoxy groups -OCH3 is 2. The molecule has 2 aliphatic rings. The molecule has 1 N–H and O–H groups in total. The lowest BCUT2D eigenvalue weighted by molar-refractivity contribution is -0.128. The minimum absolute atomic E-state index is 0.186. The van der Waals surface area contributed by atoms with Crippen LogP contribution in [0.3, 0.4) is 0 Å². The summed E-state index contributed by atoms with van der Waals surface area (Å²) in [5.74, 6) is 1.13. The molecule has 9 heteroatoms. The molecule has 3 rings (SSSR count). The van der Waals surface area contributed by atoms with Crippen LogP contribution in [0.1, 0.15) is 0 Å². The highest BCUT2D eigenvalue weighted by Crippen LogP contribution is 2.28. The number of likely N-dealkylation sites (tertiary alicyclic amines) is 1. The third-order valence-electron chi connectivity index (χ3n) is 3.90. The van der Waals surface area contributed by atoms with E-state index in [0.29, 0.717) is 30.3 Å². The molecule has 1 aromatic carbocycles. The molecule has 0 aromatic heterocycles. The fourth-order valence-corrected chi connectivity index (χ4v) is 3.36. The number of ether oxygens (including phenoxy) is 2. The van der Waals surface area contributed by atoms with Crippen molar-refractivity contribution < 1.29 is 23.9 Å². The van der Waals surface area contributed by atoms with Crippen molar-refractivity contribution in [2.45, 2.75) is 6.04 Å². The van der Waals surface area contributed by atoms with Gasteiger partial charge in [0.05, 0.1) is 26.0 Å². The van der Waals surface area contributed by atoms with Crippen molar-refractivity contribution in [3.05, 3.63) is 18.2 Å². The zero-order valence-electron chi connectivity index (χ0n) is 13.3. The van der Waals surface area contributed by atoms with E-state index in [2.05, 4.69) is 5.32 Å². The SMILES string of the molecule is COc1cc(NC(=O)N2CC(N3C(=O)CSC3=O)C2)cc(OC)c1. The van der Waals surface area contributed by atoms with Crippen LogP contribution >= 0.6 is 11.8 Å². The van der Waals surface area contributed by atoms with Crippen molar-refractivity contribution in [2.24, 2.45) is 0 Å². The molecular weight excluding hydrogens is 334 g/mol. The van der Waals surface area contributed by atoms with Gasteiger partial charge in [0, 0.05) is 37.0 Å². The first-order valence-electron chi connectivity index (χ1n) is 7.29. The number of hydrogen-bond donors (Lipinski definition) is 1. The predicted octanol–water partition coefficient (Wildman–Crippen LogP) is 1.62.